The third kappa shape index (κ3) is 2.61. The number of aromatic nitrogens is 2. The van der Waals surface area contributed by atoms with E-state index in [2.05, 4.69) is 10.00 Å². The minimum Gasteiger partial charge on any atom is -0.481 e. The number of carboxylic acid groups (broad SMARTS) is 1. The van der Waals surface area contributed by atoms with Gasteiger partial charge in [0.25, 0.3) is 0 Å². The number of nitrogens with zero attached hydrogens (tertiary/aromatic N) is 3. The largest absolute Gasteiger partial charge is 0.481 e. The van der Waals surface area contributed by atoms with E-state index >= 15 is 0 Å². The maximum atomic E-state index is 10.8. The summed E-state index contributed by atoms with van der Waals surface area (Å²) in [6.45, 7) is 2.52. The molecule has 1 unspecified atom stereocenters. The smallest absolute Gasteiger partial charge is 0.307 e. The van der Waals surface area contributed by atoms with Crippen LogP contribution in [0, 0.1) is 5.92 Å². The summed E-state index contributed by atoms with van der Waals surface area (Å²) in [7, 11) is 1.90. The van der Waals surface area contributed by atoms with E-state index in [9.17, 15) is 4.79 Å². The summed E-state index contributed by atoms with van der Waals surface area (Å²) in [5, 5.41) is 13.0. The number of aliphatic carboxylic acids is 1. The number of hydrogen-bond donors (Lipinski definition) is 1. The monoisotopic (exact) mass is 223 g/mol. The molecule has 1 saturated heterocycles. The van der Waals surface area contributed by atoms with E-state index in [1.807, 2.05) is 19.4 Å². The molecule has 1 fully saturated rings. The van der Waals surface area contributed by atoms with Gasteiger partial charge in [-0.1, -0.05) is 0 Å². The Morgan fingerprint density at radius 1 is 1.69 bits per heavy atom. The van der Waals surface area contributed by atoms with E-state index in [-0.39, 0.29) is 5.92 Å². The first kappa shape index (κ1) is 11.1. The van der Waals surface area contributed by atoms with Crippen LogP contribution < -0.4 is 0 Å². The van der Waals surface area contributed by atoms with E-state index in [0.717, 1.165) is 25.9 Å². The number of rotatable bonds is 4. The molecule has 16 heavy (non-hydrogen) atoms. The van der Waals surface area contributed by atoms with Crippen LogP contribution in [0.2, 0.25) is 0 Å². The molecule has 1 atom stereocenters. The fraction of sp³-hybridized carbons (Fsp3) is 0.636. The molecular weight excluding hydrogens is 206 g/mol. The average molecular weight is 223 g/mol. The highest BCUT2D eigenvalue weighted by atomic mass is 16.4. The van der Waals surface area contributed by atoms with Crippen LogP contribution in [0.1, 0.15) is 12.0 Å². The second kappa shape index (κ2) is 4.65. The van der Waals surface area contributed by atoms with Crippen molar-refractivity contribution in [2.45, 2.75) is 12.8 Å². The van der Waals surface area contributed by atoms with E-state index < -0.39 is 5.97 Å². The molecule has 2 rings (SSSR count). The van der Waals surface area contributed by atoms with Gasteiger partial charge >= 0.3 is 5.97 Å². The lowest BCUT2D eigenvalue weighted by Gasteiger charge is -2.13. The van der Waals surface area contributed by atoms with Crippen LogP contribution in [-0.4, -0.2) is 45.4 Å². The van der Waals surface area contributed by atoms with Crippen LogP contribution in [-0.2, 0) is 18.3 Å². The number of likely N-dealkylation sites (tertiary alicyclic amines) is 1. The molecular formula is C11H17N3O2. The molecule has 0 amide bonds. The molecule has 1 aromatic heterocycles. The highest BCUT2D eigenvalue weighted by molar-refractivity contribution is 5.70. The standard InChI is InChI=1S/C11H17N3O2/c1-13-7-9(6-12-13)2-4-14-5-3-10(8-14)11(15)16/h6-7,10H,2-5,8H2,1H3,(H,15,16). The van der Waals surface area contributed by atoms with Crippen molar-refractivity contribution in [3.63, 3.8) is 0 Å². The summed E-state index contributed by atoms with van der Waals surface area (Å²) in [6.07, 6.45) is 5.60. The van der Waals surface area contributed by atoms with Gasteiger partial charge in [0.15, 0.2) is 0 Å². The van der Waals surface area contributed by atoms with Crippen molar-refractivity contribution in [2.75, 3.05) is 19.6 Å². The lowest BCUT2D eigenvalue weighted by molar-refractivity contribution is -0.141. The molecule has 1 aromatic rings. The number of aryl methyl sites for hydroxylation is 1. The van der Waals surface area contributed by atoms with Gasteiger partial charge in [-0.05, 0) is 24.9 Å². The molecule has 5 heteroatoms. The second-order valence-electron chi connectivity index (χ2n) is 4.40. The Morgan fingerprint density at radius 2 is 2.50 bits per heavy atom. The summed E-state index contributed by atoms with van der Waals surface area (Å²) in [5.41, 5.74) is 1.21. The fourth-order valence-electron chi connectivity index (χ4n) is 2.13. The molecule has 88 valence electrons. The molecule has 5 nitrogen and oxygen atoms in total. The van der Waals surface area contributed by atoms with Crippen molar-refractivity contribution in [1.82, 2.24) is 14.7 Å². The predicted molar refractivity (Wildman–Crippen MR) is 59.1 cm³/mol. The van der Waals surface area contributed by atoms with Gasteiger partial charge in [0.2, 0.25) is 0 Å². The van der Waals surface area contributed by atoms with Crippen molar-refractivity contribution in [3.8, 4) is 0 Å². The van der Waals surface area contributed by atoms with Crippen molar-refractivity contribution in [1.29, 1.82) is 0 Å². The number of carboxylic acids is 1. The first-order chi connectivity index (χ1) is 7.65. The molecule has 1 aliphatic rings. The van der Waals surface area contributed by atoms with Crippen LogP contribution in [0.15, 0.2) is 12.4 Å². The molecule has 1 N–H and O–H groups in total. The van der Waals surface area contributed by atoms with Gasteiger partial charge in [0.1, 0.15) is 0 Å². The van der Waals surface area contributed by atoms with Gasteiger partial charge in [-0.15, -0.1) is 0 Å². The summed E-state index contributed by atoms with van der Waals surface area (Å²) in [4.78, 5) is 13.0. The molecule has 1 aliphatic heterocycles. The first-order valence-corrected chi connectivity index (χ1v) is 5.58. The highest BCUT2D eigenvalue weighted by Crippen LogP contribution is 2.16. The molecule has 0 saturated carbocycles. The third-order valence-electron chi connectivity index (χ3n) is 3.10. The number of carbonyl (C=O) groups is 1. The van der Waals surface area contributed by atoms with Crippen LogP contribution in [0.25, 0.3) is 0 Å². The average Bonchev–Trinajstić information content (AvgIpc) is 2.83. The minimum atomic E-state index is -0.663. The summed E-state index contributed by atoms with van der Waals surface area (Å²) in [5.74, 6) is -0.835. The highest BCUT2D eigenvalue weighted by Gasteiger charge is 2.27. The fourth-order valence-corrected chi connectivity index (χ4v) is 2.13. The molecule has 0 aliphatic carbocycles. The summed E-state index contributed by atoms with van der Waals surface area (Å²) >= 11 is 0. The molecule has 0 radical (unpaired) electrons. The van der Waals surface area contributed by atoms with Crippen LogP contribution >= 0.6 is 0 Å². The molecule has 2 heterocycles. The topological polar surface area (TPSA) is 58.4 Å². The normalized spacial score (nSPS) is 21.4. The Morgan fingerprint density at radius 3 is 3.06 bits per heavy atom. The predicted octanol–water partition coefficient (Wildman–Crippen LogP) is 0.369. The van der Waals surface area contributed by atoms with E-state index in [0.29, 0.717) is 6.54 Å². The van der Waals surface area contributed by atoms with Crippen LogP contribution in [0.4, 0.5) is 0 Å². The minimum absolute atomic E-state index is 0.172. The van der Waals surface area contributed by atoms with Gasteiger partial charge in [0, 0.05) is 26.3 Å². The van der Waals surface area contributed by atoms with Gasteiger partial charge in [-0.25, -0.2) is 0 Å². The van der Waals surface area contributed by atoms with Gasteiger partial charge in [-0.3, -0.25) is 9.48 Å². The third-order valence-corrected chi connectivity index (χ3v) is 3.10. The van der Waals surface area contributed by atoms with Crippen molar-refractivity contribution in [3.05, 3.63) is 18.0 Å². The van der Waals surface area contributed by atoms with Crippen LogP contribution in [0.5, 0.6) is 0 Å². The zero-order valence-electron chi connectivity index (χ0n) is 9.46. The SMILES string of the molecule is Cn1cc(CCN2CCC(C(=O)O)C2)cn1. The Hall–Kier alpha value is -1.36. The Bertz CT molecular complexity index is 375. The van der Waals surface area contributed by atoms with Crippen molar-refractivity contribution in [2.24, 2.45) is 13.0 Å². The quantitative estimate of drug-likeness (QED) is 0.801. The summed E-state index contributed by atoms with van der Waals surface area (Å²) < 4.78 is 1.79. The molecule has 0 bridgehead atoms. The van der Waals surface area contributed by atoms with Crippen molar-refractivity contribution >= 4 is 5.97 Å². The van der Waals surface area contributed by atoms with Gasteiger partial charge < -0.3 is 10.0 Å². The second-order valence-corrected chi connectivity index (χ2v) is 4.40. The van der Waals surface area contributed by atoms with Crippen LogP contribution in [0.3, 0.4) is 0 Å². The molecule has 0 spiro atoms. The zero-order valence-corrected chi connectivity index (χ0v) is 9.46. The maximum Gasteiger partial charge on any atom is 0.307 e. The Labute approximate surface area is 94.7 Å². The van der Waals surface area contributed by atoms with Gasteiger partial charge in [-0.2, -0.15) is 5.10 Å². The lowest BCUT2D eigenvalue weighted by Crippen LogP contribution is -2.25. The maximum absolute atomic E-state index is 10.8. The molecule has 0 aromatic carbocycles. The zero-order chi connectivity index (χ0) is 11.5. The number of hydrogen-bond acceptors (Lipinski definition) is 3. The summed E-state index contributed by atoms with van der Waals surface area (Å²) in [6, 6.07) is 0. The Kier molecular flexibility index (Phi) is 3.24. The Balaban J connectivity index is 1.77. The van der Waals surface area contributed by atoms with E-state index in [1.165, 1.54) is 5.56 Å². The van der Waals surface area contributed by atoms with Crippen molar-refractivity contribution < 1.29 is 9.90 Å². The van der Waals surface area contributed by atoms with E-state index in [1.54, 1.807) is 4.68 Å². The first-order valence-electron chi connectivity index (χ1n) is 5.58. The van der Waals surface area contributed by atoms with Gasteiger partial charge in [0.05, 0.1) is 12.1 Å². The lowest BCUT2D eigenvalue weighted by atomic mass is 10.1. The van der Waals surface area contributed by atoms with E-state index in [4.69, 9.17) is 5.11 Å².